The molecule has 0 spiro atoms. The van der Waals surface area contributed by atoms with E-state index in [4.69, 9.17) is 9.47 Å². The molecular formula is C13H19NO3. The molecule has 2 rings (SSSR count). The van der Waals surface area contributed by atoms with Crippen LogP contribution in [0.2, 0.25) is 0 Å². The predicted molar refractivity (Wildman–Crippen MR) is 65.5 cm³/mol. The van der Waals surface area contributed by atoms with Crippen molar-refractivity contribution >= 4 is 0 Å². The third-order valence-corrected chi connectivity index (χ3v) is 2.72. The fourth-order valence-corrected chi connectivity index (χ4v) is 1.51. The first-order chi connectivity index (χ1) is 8.28. The maximum atomic E-state index is 9.68. The summed E-state index contributed by atoms with van der Waals surface area (Å²) < 4.78 is 10.5. The van der Waals surface area contributed by atoms with Gasteiger partial charge < -0.3 is 19.9 Å². The zero-order valence-electron chi connectivity index (χ0n) is 10.1. The van der Waals surface area contributed by atoms with Crippen LogP contribution in [0.4, 0.5) is 0 Å². The minimum Gasteiger partial charge on any atom is -0.497 e. The van der Waals surface area contributed by atoms with Gasteiger partial charge in [0.05, 0.1) is 7.11 Å². The van der Waals surface area contributed by atoms with Crippen molar-refractivity contribution in [3.8, 4) is 11.5 Å². The Morgan fingerprint density at radius 3 is 2.53 bits per heavy atom. The minimum absolute atomic E-state index is 0.312. The second-order valence-corrected chi connectivity index (χ2v) is 4.32. The van der Waals surface area contributed by atoms with Gasteiger partial charge in [-0.25, -0.2) is 0 Å². The number of aliphatic hydroxyl groups is 1. The molecule has 94 valence electrons. The van der Waals surface area contributed by atoms with Gasteiger partial charge >= 0.3 is 0 Å². The van der Waals surface area contributed by atoms with E-state index in [2.05, 4.69) is 5.32 Å². The van der Waals surface area contributed by atoms with Crippen LogP contribution < -0.4 is 14.8 Å². The fourth-order valence-electron chi connectivity index (χ4n) is 1.51. The molecule has 0 bridgehead atoms. The van der Waals surface area contributed by atoms with Gasteiger partial charge in [0.2, 0.25) is 0 Å². The van der Waals surface area contributed by atoms with Crippen molar-refractivity contribution in [3.63, 3.8) is 0 Å². The molecule has 1 atom stereocenters. The molecule has 1 aliphatic rings. The lowest BCUT2D eigenvalue weighted by molar-refractivity contribution is 0.106. The number of nitrogens with one attached hydrogen (secondary N) is 1. The summed E-state index contributed by atoms with van der Waals surface area (Å²) in [6.07, 6.45) is 2.00. The highest BCUT2D eigenvalue weighted by molar-refractivity contribution is 5.31. The first-order valence-electron chi connectivity index (χ1n) is 5.96. The molecule has 0 amide bonds. The molecule has 1 saturated carbocycles. The Hall–Kier alpha value is -1.26. The largest absolute Gasteiger partial charge is 0.497 e. The third-order valence-electron chi connectivity index (χ3n) is 2.72. The second-order valence-electron chi connectivity index (χ2n) is 4.32. The highest BCUT2D eigenvalue weighted by Gasteiger charge is 2.21. The van der Waals surface area contributed by atoms with Gasteiger partial charge in [-0.15, -0.1) is 0 Å². The normalized spacial score (nSPS) is 16.6. The Bertz CT molecular complexity index is 335. The lowest BCUT2D eigenvalue weighted by Gasteiger charge is -2.13. The quantitative estimate of drug-likeness (QED) is 0.748. The smallest absolute Gasteiger partial charge is 0.119 e. The van der Waals surface area contributed by atoms with Crippen LogP contribution in [-0.2, 0) is 0 Å². The van der Waals surface area contributed by atoms with Gasteiger partial charge in [0.15, 0.2) is 0 Å². The molecular weight excluding hydrogens is 218 g/mol. The van der Waals surface area contributed by atoms with E-state index in [-0.39, 0.29) is 0 Å². The average molecular weight is 237 g/mol. The van der Waals surface area contributed by atoms with E-state index >= 15 is 0 Å². The SMILES string of the molecule is COc1ccc(OC[C@H](O)CNC2CC2)cc1. The third kappa shape index (κ3) is 4.24. The van der Waals surface area contributed by atoms with Gasteiger partial charge in [0.25, 0.3) is 0 Å². The van der Waals surface area contributed by atoms with Crippen LogP contribution in [-0.4, -0.2) is 37.5 Å². The summed E-state index contributed by atoms with van der Waals surface area (Å²) in [5.41, 5.74) is 0. The van der Waals surface area contributed by atoms with Crippen molar-refractivity contribution in [2.45, 2.75) is 25.0 Å². The minimum atomic E-state index is -0.460. The number of hydrogen-bond donors (Lipinski definition) is 2. The van der Waals surface area contributed by atoms with Crippen molar-refractivity contribution in [2.24, 2.45) is 0 Å². The van der Waals surface area contributed by atoms with Crippen LogP contribution in [0.1, 0.15) is 12.8 Å². The molecule has 1 aliphatic carbocycles. The molecule has 0 unspecified atom stereocenters. The number of ether oxygens (including phenoxy) is 2. The lowest BCUT2D eigenvalue weighted by atomic mass is 10.3. The van der Waals surface area contributed by atoms with E-state index < -0.39 is 6.10 Å². The Morgan fingerprint density at radius 1 is 1.29 bits per heavy atom. The van der Waals surface area contributed by atoms with E-state index in [0.29, 0.717) is 19.2 Å². The van der Waals surface area contributed by atoms with Gasteiger partial charge in [-0.1, -0.05) is 0 Å². The average Bonchev–Trinajstić information content (AvgIpc) is 3.18. The van der Waals surface area contributed by atoms with Crippen LogP contribution >= 0.6 is 0 Å². The van der Waals surface area contributed by atoms with Crippen LogP contribution in [0.3, 0.4) is 0 Å². The van der Waals surface area contributed by atoms with Crippen molar-refractivity contribution in [1.82, 2.24) is 5.32 Å². The Labute approximate surface area is 102 Å². The Balaban J connectivity index is 1.68. The molecule has 17 heavy (non-hydrogen) atoms. The number of rotatable bonds is 7. The van der Waals surface area contributed by atoms with Gasteiger partial charge in [-0.05, 0) is 37.1 Å². The van der Waals surface area contributed by atoms with Crippen molar-refractivity contribution in [3.05, 3.63) is 24.3 Å². The fraction of sp³-hybridized carbons (Fsp3) is 0.538. The van der Waals surface area contributed by atoms with Crippen LogP contribution in [0, 0.1) is 0 Å². The van der Waals surface area contributed by atoms with E-state index in [9.17, 15) is 5.11 Å². The first-order valence-corrected chi connectivity index (χ1v) is 5.96. The molecule has 4 nitrogen and oxygen atoms in total. The summed E-state index contributed by atoms with van der Waals surface area (Å²) in [5.74, 6) is 1.55. The molecule has 0 saturated heterocycles. The van der Waals surface area contributed by atoms with Crippen LogP contribution in [0.15, 0.2) is 24.3 Å². The van der Waals surface area contributed by atoms with E-state index in [0.717, 1.165) is 11.5 Å². The van der Waals surface area contributed by atoms with Crippen molar-refractivity contribution < 1.29 is 14.6 Å². The molecule has 1 fully saturated rings. The summed E-state index contributed by atoms with van der Waals surface area (Å²) >= 11 is 0. The number of hydrogen-bond acceptors (Lipinski definition) is 4. The predicted octanol–water partition coefficient (Wildman–Crippen LogP) is 1.19. The van der Waals surface area contributed by atoms with Crippen molar-refractivity contribution in [2.75, 3.05) is 20.3 Å². The number of benzene rings is 1. The maximum absolute atomic E-state index is 9.68. The maximum Gasteiger partial charge on any atom is 0.119 e. The summed E-state index contributed by atoms with van der Waals surface area (Å²) in [5, 5.41) is 12.9. The van der Waals surface area contributed by atoms with Crippen LogP contribution in [0.25, 0.3) is 0 Å². The molecule has 0 radical (unpaired) electrons. The standard InChI is InChI=1S/C13H19NO3/c1-16-12-4-6-13(7-5-12)17-9-11(15)8-14-10-2-3-10/h4-7,10-11,14-15H,2-3,8-9H2,1H3/t11-/m1/s1. The molecule has 4 heteroatoms. The Morgan fingerprint density at radius 2 is 1.94 bits per heavy atom. The van der Waals surface area contributed by atoms with Gasteiger partial charge in [0.1, 0.15) is 24.2 Å². The first kappa shape index (κ1) is 12.2. The van der Waals surface area contributed by atoms with Gasteiger partial charge in [-0.3, -0.25) is 0 Å². The molecule has 0 heterocycles. The van der Waals surface area contributed by atoms with Gasteiger partial charge in [0, 0.05) is 12.6 Å². The summed E-state index contributed by atoms with van der Waals surface area (Å²) in [7, 11) is 1.63. The molecule has 2 N–H and O–H groups in total. The second kappa shape index (κ2) is 5.89. The highest BCUT2D eigenvalue weighted by Crippen LogP contribution is 2.19. The zero-order chi connectivity index (χ0) is 12.1. The summed E-state index contributed by atoms with van der Waals surface area (Å²) in [6.45, 7) is 0.910. The molecule has 0 aliphatic heterocycles. The molecule has 1 aromatic carbocycles. The van der Waals surface area contributed by atoms with Crippen LogP contribution in [0.5, 0.6) is 11.5 Å². The van der Waals surface area contributed by atoms with Gasteiger partial charge in [-0.2, -0.15) is 0 Å². The number of aliphatic hydroxyl groups excluding tert-OH is 1. The topological polar surface area (TPSA) is 50.7 Å². The number of methoxy groups -OCH3 is 1. The molecule has 1 aromatic rings. The van der Waals surface area contributed by atoms with E-state index in [1.165, 1.54) is 12.8 Å². The summed E-state index contributed by atoms with van der Waals surface area (Å²) in [6, 6.07) is 7.96. The van der Waals surface area contributed by atoms with E-state index in [1.807, 2.05) is 24.3 Å². The Kier molecular flexibility index (Phi) is 4.23. The highest BCUT2D eigenvalue weighted by atomic mass is 16.5. The lowest BCUT2D eigenvalue weighted by Crippen LogP contribution is -2.32. The zero-order valence-corrected chi connectivity index (χ0v) is 10.1. The monoisotopic (exact) mass is 237 g/mol. The van der Waals surface area contributed by atoms with E-state index in [1.54, 1.807) is 7.11 Å². The van der Waals surface area contributed by atoms with Crippen molar-refractivity contribution in [1.29, 1.82) is 0 Å². The summed E-state index contributed by atoms with van der Waals surface area (Å²) in [4.78, 5) is 0. The molecule has 0 aromatic heterocycles.